The average molecular weight is 375 g/mol. The Morgan fingerprint density at radius 3 is 2.52 bits per heavy atom. The number of aryl methyl sites for hydroxylation is 1. The molecule has 0 bridgehead atoms. The van der Waals surface area contributed by atoms with Crippen molar-refractivity contribution in [1.82, 2.24) is 14.8 Å². The molecule has 8 heteroatoms. The van der Waals surface area contributed by atoms with Gasteiger partial charge in [0.2, 0.25) is 0 Å². The lowest BCUT2D eigenvalue weighted by Gasteiger charge is -2.32. The van der Waals surface area contributed by atoms with Gasteiger partial charge in [0.15, 0.2) is 0 Å². The van der Waals surface area contributed by atoms with Crippen LogP contribution in [0.1, 0.15) is 33.3 Å². The predicted molar refractivity (Wildman–Crippen MR) is 100 cm³/mol. The van der Waals surface area contributed by atoms with E-state index < -0.39 is 30.7 Å². The molecule has 0 N–H and O–H groups in total. The van der Waals surface area contributed by atoms with Crippen LogP contribution in [-0.4, -0.2) is 39.8 Å². The van der Waals surface area contributed by atoms with Crippen LogP contribution in [0.3, 0.4) is 0 Å². The lowest BCUT2D eigenvalue weighted by atomic mass is 9.87. The number of halogens is 2. The van der Waals surface area contributed by atoms with Gasteiger partial charge in [0.25, 0.3) is 0 Å². The van der Waals surface area contributed by atoms with E-state index in [9.17, 15) is 8.78 Å². The van der Waals surface area contributed by atoms with Crippen LogP contribution in [0, 0.1) is 0 Å². The van der Waals surface area contributed by atoms with E-state index in [1.165, 1.54) is 10.8 Å². The first-order chi connectivity index (χ1) is 12.7. The Hall–Kier alpha value is -2.06. The molecule has 5 nitrogen and oxygen atoms in total. The average Bonchev–Trinajstić information content (AvgIpc) is 3.11. The van der Waals surface area contributed by atoms with Crippen LogP contribution < -0.4 is 0 Å². The molecule has 0 atom stereocenters. The topological polar surface area (TPSA) is 49.2 Å². The van der Waals surface area contributed by atoms with Crippen molar-refractivity contribution < 1.29 is 18.1 Å². The maximum absolute atomic E-state index is 14.7. The van der Waals surface area contributed by atoms with Gasteiger partial charge in [-0.05, 0) is 46.2 Å². The second-order valence-electron chi connectivity index (χ2n) is 7.55. The molecule has 0 unspecified atom stereocenters. The first-order valence-corrected chi connectivity index (χ1v) is 8.98. The normalized spacial score (nSPS) is 18.9. The third-order valence-electron chi connectivity index (χ3n) is 5.05. The zero-order valence-corrected chi connectivity index (χ0v) is 16.1. The first kappa shape index (κ1) is 19.7. The molecule has 0 spiro atoms. The SMILES string of the molecule is CC1(C)OB(C(F)=CCc2cn(CCF)nc2-c2ccccn2)OC1(C)C. The van der Waals surface area contributed by atoms with Crippen LogP contribution in [0.4, 0.5) is 8.78 Å². The van der Waals surface area contributed by atoms with Crippen molar-refractivity contribution in [2.45, 2.75) is 51.9 Å². The van der Waals surface area contributed by atoms with E-state index in [1.807, 2.05) is 39.8 Å². The summed E-state index contributed by atoms with van der Waals surface area (Å²) in [6.45, 7) is 7.12. The van der Waals surface area contributed by atoms with Gasteiger partial charge in [-0.1, -0.05) is 12.1 Å². The third kappa shape index (κ3) is 4.11. The largest absolute Gasteiger partial charge is 0.524 e. The molecule has 0 amide bonds. The standard InChI is InChI=1S/C19H24BF2N3O2/c1-18(2)19(3,4)27-20(26-18)16(22)9-8-14-13-25(12-10-21)24-17(14)15-7-5-6-11-23-15/h5-7,9,11,13H,8,10,12H2,1-4H3. The van der Waals surface area contributed by atoms with Crippen LogP contribution in [0.5, 0.6) is 0 Å². The molecule has 0 aliphatic carbocycles. The summed E-state index contributed by atoms with van der Waals surface area (Å²) in [6, 6.07) is 5.47. The van der Waals surface area contributed by atoms with Gasteiger partial charge >= 0.3 is 7.12 Å². The van der Waals surface area contributed by atoms with Crippen molar-refractivity contribution in [2.24, 2.45) is 0 Å². The van der Waals surface area contributed by atoms with E-state index in [4.69, 9.17) is 9.31 Å². The second kappa shape index (κ2) is 7.52. The maximum Gasteiger partial charge on any atom is 0.524 e. The van der Waals surface area contributed by atoms with Gasteiger partial charge < -0.3 is 9.31 Å². The number of hydrogen-bond donors (Lipinski definition) is 0. The smallest absolute Gasteiger partial charge is 0.398 e. The second-order valence-corrected chi connectivity index (χ2v) is 7.55. The number of allylic oxidation sites excluding steroid dienone is 1. The van der Waals surface area contributed by atoms with Crippen molar-refractivity contribution in [3.63, 3.8) is 0 Å². The van der Waals surface area contributed by atoms with Crippen LogP contribution in [0.2, 0.25) is 0 Å². The number of aromatic nitrogens is 3. The lowest BCUT2D eigenvalue weighted by molar-refractivity contribution is 0.00578. The molecule has 2 aromatic rings. The lowest BCUT2D eigenvalue weighted by Crippen LogP contribution is -2.41. The zero-order chi connectivity index (χ0) is 19.7. The maximum atomic E-state index is 14.7. The summed E-state index contributed by atoms with van der Waals surface area (Å²) in [5, 5.41) is 4.39. The van der Waals surface area contributed by atoms with E-state index in [1.54, 1.807) is 18.5 Å². The number of pyridine rings is 1. The van der Waals surface area contributed by atoms with Gasteiger partial charge in [-0.25, -0.2) is 8.78 Å². The number of hydrogen-bond acceptors (Lipinski definition) is 4. The number of alkyl halides is 1. The van der Waals surface area contributed by atoms with Crippen molar-refractivity contribution in [1.29, 1.82) is 0 Å². The van der Waals surface area contributed by atoms with Crippen molar-refractivity contribution in [3.8, 4) is 11.4 Å². The molecule has 144 valence electrons. The molecule has 3 heterocycles. The van der Waals surface area contributed by atoms with E-state index in [-0.39, 0.29) is 13.0 Å². The minimum atomic E-state index is -1.03. The Morgan fingerprint density at radius 2 is 1.93 bits per heavy atom. The molecular weight excluding hydrogens is 351 g/mol. The summed E-state index contributed by atoms with van der Waals surface area (Å²) in [7, 11) is -1.03. The molecule has 0 saturated carbocycles. The monoisotopic (exact) mass is 375 g/mol. The van der Waals surface area contributed by atoms with Gasteiger partial charge in [0.05, 0.1) is 23.4 Å². The van der Waals surface area contributed by atoms with Gasteiger partial charge in [-0.2, -0.15) is 5.10 Å². The van der Waals surface area contributed by atoms with Gasteiger partial charge in [-0.15, -0.1) is 0 Å². The fourth-order valence-electron chi connectivity index (χ4n) is 2.79. The van der Waals surface area contributed by atoms with Gasteiger partial charge in [-0.3, -0.25) is 9.67 Å². The highest BCUT2D eigenvalue weighted by Gasteiger charge is 2.52. The molecule has 1 fully saturated rings. The van der Waals surface area contributed by atoms with Crippen LogP contribution in [-0.2, 0) is 22.3 Å². The Bertz CT molecular complexity index is 806. The van der Waals surface area contributed by atoms with Gasteiger partial charge in [0, 0.05) is 18.0 Å². The molecular formula is C19H24BF2N3O2. The highest BCUT2D eigenvalue weighted by molar-refractivity contribution is 6.53. The van der Waals surface area contributed by atoms with Gasteiger partial charge in [0.1, 0.15) is 18.1 Å². The van der Waals surface area contributed by atoms with Crippen LogP contribution >= 0.6 is 0 Å². The Balaban J connectivity index is 1.82. The molecule has 3 rings (SSSR count). The highest BCUT2D eigenvalue weighted by atomic mass is 19.1. The molecule has 1 aliphatic rings. The molecule has 1 aliphatic heterocycles. The molecule has 27 heavy (non-hydrogen) atoms. The van der Waals surface area contributed by atoms with Crippen molar-refractivity contribution in [3.05, 3.63) is 48.0 Å². The predicted octanol–water partition coefficient (Wildman–Crippen LogP) is 3.94. The van der Waals surface area contributed by atoms with E-state index in [0.29, 0.717) is 11.4 Å². The number of rotatable bonds is 6. The van der Waals surface area contributed by atoms with Crippen LogP contribution in [0.15, 0.2) is 42.4 Å². The third-order valence-corrected chi connectivity index (χ3v) is 5.05. The summed E-state index contributed by atoms with van der Waals surface area (Å²) >= 11 is 0. The molecule has 1 saturated heterocycles. The highest BCUT2D eigenvalue weighted by Crippen LogP contribution is 2.38. The molecule has 2 aromatic heterocycles. The Morgan fingerprint density at radius 1 is 1.22 bits per heavy atom. The minimum absolute atomic E-state index is 0.142. The Labute approximate surface area is 158 Å². The first-order valence-electron chi connectivity index (χ1n) is 8.98. The quantitative estimate of drug-likeness (QED) is 0.718. The summed E-state index contributed by atoms with van der Waals surface area (Å²) in [5.74, 6) is 0. The van der Waals surface area contributed by atoms with Crippen LogP contribution in [0.25, 0.3) is 11.4 Å². The summed E-state index contributed by atoms with van der Waals surface area (Å²) in [4.78, 5) is 4.29. The number of nitrogens with zero attached hydrogens (tertiary/aromatic N) is 3. The fourth-order valence-corrected chi connectivity index (χ4v) is 2.79. The van der Waals surface area contributed by atoms with E-state index in [2.05, 4.69) is 10.1 Å². The van der Waals surface area contributed by atoms with E-state index >= 15 is 0 Å². The molecule has 0 radical (unpaired) electrons. The van der Waals surface area contributed by atoms with E-state index in [0.717, 1.165) is 5.56 Å². The summed E-state index contributed by atoms with van der Waals surface area (Å²) in [6.07, 6.45) is 5.07. The van der Waals surface area contributed by atoms with Crippen molar-refractivity contribution in [2.75, 3.05) is 6.67 Å². The fraction of sp³-hybridized carbons (Fsp3) is 0.474. The minimum Gasteiger partial charge on any atom is -0.398 e. The molecule has 0 aromatic carbocycles. The Kier molecular flexibility index (Phi) is 5.49. The summed E-state index contributed by atoms with van der Waals surface area (Å²) in [5.41, 5.74) is 0.339. The zero-order valence-electron chi connectivity index (χ0n) is 16.1. The van der Waals surface area contributed by atoms with Crippen molar-refractivity contribution >= 4 is 7.12 Å². The summed E-state index contributed by atoms with van der Waals surface area (Å²) < 4.78 is 40.3.